The first-order valence-corrected chi connectivity index (χ1v) is 6.24. The molecule has 0 aliphatic heterocycles. The quantitative estimate of drug-likeness (QED) is 0.397. The van der Waals surface area contributed by atoms with Gasteiger partial charge in [-0.25, -0.2) is 4.79 Å². The van der Waals surface area contributed by atoms with Crippen LogP contribution in [-0.4, -0.2) is 25.8 Å². The Morgan fingerprint density at radius 2 is 2.06 bits per heavy atom. The smallest absolute Gasteiger partial charge is 0.330 e. The summed E-state index contributed by atoms with van der Waals surface area (Å²) in [5.74, 6) is 0.438. The second kappa shape index (κ2) is 8.34. The van der Waals surface area contributed by atoms with Gasteiger partial charge >= 0.3 is 5.97 Å². The summed E-state index contributed by atoms with van der Waals surface area (Å²) in [5.41, 5.74) is 0. The van der Waals surface area contributed by atoms with E-state index in [4.69, 9.17) is 9.47 Å². The van der Waals surface area contributed by atoms with Crippen molar-refractivity contribution in [2.75, 3.05) is 19.8 Å². The summed E-state index contributed by atoms with van der Waals surface area (Å²) in [6.45, 7) is 3.56. The van der Waals surface area contributed by atoms with Crippen LogP contribution in [0.2, 0.25) is 0 Å². The van der Waals surface area contributed by atoms with Crippen LogP contribution in [0, 0.1) is 5.92 Å². The fourth-order valence-electron chi connectivity index (χ4n) is 1.99. The fraction of sp³-hybridized carbons (Fsp3) is 0.769. The van der Waals surface area contributed by atoms with Crippen LogP contribution in [0.5, 0.6) is 0 Å². The molecule has 0 bridgehead atoms. The summed E-state index contributed by atoms with van der Waals surface area (Å²) in [7, 11) is 0. The molecule has 0 unspecified atom stereocenters. The molecular formula is C13H22O3. The molecule has 1 rings (SSSR count). The zero-order valence-corrected chi connectivity index (χ0v) is 10.1. The van der Waals surface area contributed by atoms with E-state index in [9.17, 15) is 4.79 Å². The molecule has 1 saturated carbocycles. The number of ether oxygens (including phenoxy) is 2. The van der Waals surface area contributed by atoms with E-state index in [1.54, 1.807) is 13.0 Å². The Morgan fingerprint density at radius 1 is 1.31 bits per heavy atom. The normalized spacial score (nSPS) is 17.8. The van der Waals surface area contributed by atoms with E-state index in [0.717, 1.165) is 12.5 Å². The predicted octanol–water partition coefficient (Wildman–Crippen LogP) is 2.70. The second-order valence-electron chi connectivity index (χ2n) is 4.20. The third-order valence-corrected chi connectivity index (χ3v) is 2.83. The standard InChI is InChI=1S/C13H22O3/c1-2-16-13(14)9-6-10-15-11-12-7-4-3-5-8-12/h6,9,12H,2-5,7-8,10-11H2,1H3/b9-6+. The summed E-state index contributed by atoms with van der Waals surface area (Å²) in [6, 6.07) is 0. The van der Waals surface area contributed by atoms with Crippen LogP contribution in [0.15, 0.2) is 12.2 Å². The van der Waals surface area contributed by atoms with Crippen LogP contribution < -0.4 is 0 Å². The van der Waals surface area contributed by atoms with Gasteiger partial charge in [0.05, 0.1) is 13.2 Å². The molecule has 0 aromatic rings. The molecule has 0 aromatic carbocycles. The molecule has 0 radical (unpaired) electrons. The number of carbonyl (C=O) groups is 1. The maximum atomic E-state index is 10.9. The maximum Gasteiger partial charge on any atom is 0.330 e. The van der Waals surface area contributed by atoms with E-state index in [1.807, 2.05) is 0 Å². The first-order chi connectivity index (χ1) is 7.83. The monoisotopic (exact) mass is 226 g/mol. The summed E-state index contributed by atoms with van der Waals surface area (Å²) < 4.78 is 10.3. The van der Waals surface area contributed by atoms with Crippen molar-refractivity contribution in [2.45, 2.75) is 39.0 Å². The lowest BCUT2D eigenvalue weighted by atomic mass is 9.90. The molecule has 0 spiro atoms. The average Bonchev–Trinajstić information content (AvgIpc) is 2.30. The number of carbonyl (C=O) groups excluding carboxylic acids is 1. The minimum Gasteiger partial charge on any atom is -0.463 e. The van der Waals surface area contributed by atoms with Gasteiger partial charge in [-0.1, -0.05) is 25.3 Å². The highest BCUT2D eigenvalue weighted by Crippen LogP contribution is 2.23. The van der Waals surface area contributed by atoms with Gasteiger partial charge in [-0.05, 0) is 25.7 Å². The summed E-state index contributed by atoms with van der Waals surface area (Å²) in [6.07, 6.45) is 9.80. The Balaban J connectivity index is 2.00. The third kappa shape index (κ3) is 5.91. The lowest BCUT2D eigenvalue weighted by Crippen LogP contribution is -2.13. The summed E-state index contributed by atoms with van der Waals surface area (Å²) in [5, 5.41) is 0. The zero-order valence-electron chi connectivity index (χ0n) is 10.1. The van der Waals surface area contributed by atoms with Crippen LogP contribution in [0.3, 0.4) is 0 Å². The van der Waals surface area contributed by atoms with Gasteiger partial charge in [-0.15, -0.1) is 0 Å². The van der Waals surface area contributed by atoms with Crippen LogP contribution in [0.4, 0.5) is 0 Å². The van der Waals surface area contributed by atoms with Crippen molar-refractivity contribution in [3.05, 3.63) is 12.2 Å². The minimum absolute atomic E-state index is 0.288. The summed E-state index contributed by atoms with van der Waals surface area (Å²) in [4.78, 5) is 10.9. The molecule has 0 N–H and O–H groups in total. The number of esters is 1. The van der Waals surface area contributed by atoms with Crippen LogP contribution in [0.25, 0.3) is 0 Å². The minimum atomic E-state index is -0.288. The fourth-order valence-corrected chi connectivity index (χ4v) is 1.99. The molecule has 0 amide bonds. The maximum absolute atomic E-state index is 10.9. The van der Waals surface area contributed by atoms with Gasteiger partial charge in [0.2, 0.25) is 0 Å². The van der Waals surface area contributed by atoms with E-state index in [-0.39, 0.29) is 5.97 Å². The predicted molar refractivity (Wildman–Crippen MR) is 63.2 cm³/mol. The molecule has 0 heterocycles. The van der Waals surface area contributed by atoms with E-state index >= 15 is 0 Å². The van der Waals surface area contributed by atoms with Crippen LogP contribution >= 0.6 is 0 Å². The van der Waals surface area contributed by atoms with Crippen molar-refractivity contribution < 1.29 is 14.3 Å². The number of hydrogen-bond acceptors (Lipinski definition) is 3. The van der Waals surface area contributed by atoms with Crippen molar-refractivity contribution in [2.24, 2.45) is 5.92 Å². The Morgan fingerprint density at radius 3 is 2.75 bits per heavy atom. The Kier molecular flexibility index (Phi) is 6.90. The van der Waals surface area contributed by atoms with Crippen LogP contribution in [0.1, 0.15) is 39.0 Å². The van der Waals surface area contributed by atoms with Gasteiger partial charge in [-0.3, -0.25) is 0 Å². The second-order valence-corrected chi connectivity index (χ2v) is 4.20. The molecular weight excluding hydrogens is 204 g/mol. The van der Waals surface area contributed by atoms with Crippen molar-refractivity contribution in [1.29, 1.82) is 0 Å². The van der Waals surface area contributed by atoms with E-state index in [0.29, 0.717) is 13.2 Å². The molecule has 0 aromatic heterocycles. The van der Waals surface area contributed by atoms with E-state index in [2.05, 4.69) is 0 Å². The summed E-state index contributed by atoms with van der Waals surface area (Å²) >= 11 is 0. The van der Waals surface area contributed by atoms with Gasteiger partial charge in [0.15, 0.2) is 0 Å². The highest BCUT2D eigenvalue weighted by Gasteiger charge is 2.12. The van der Waals surface area contributed by atoms with Crippen LogP contribution in [-0.2, 0) is 14.3 Å². The highest BCUT2D eigenvalue weighted by atomic mass is 16.5. The van der Waals surface area contributed by atoms with Gasteiger partial charge in [0.1, 0.15) is 0 Å². The molecule has 3 nitrogen and oxygen atoms in total. The molecule has 0 atom stereocenters. The van der Waals surface area contributed by atoms with Gasteiger partial charge in [0, 0.05) is 12.7 Å². The molecule has 1 aliphatic carbocycles. The lowest BCUT2D eigenvalue weighted by molar-refractivity contribution is -0.137. The topological polar surface area (TPSA) is 35.5 Å². The highest BCUT2D eigenvalue weighted by molar-refractivity contribution is 5.81. The zero-order chi connectivity index (χ0) is 11.6. The van der Waals surface area contributed by atoms with Crippen molar-refractivity contribution in [1.82, 2.24) is 0 Å². The largest absolute Gasteiger partial charge is 0.463 e. The average molecular weight is 226 g/mol. The number of hydrogen-bond donors (Lipinski definition) is 0. The van der Waals surface area contributed by atoms with Crippen molar-refractivity contribution >= 4 is 5.97 Å². The van der Waals surface area contributed by atoms with Gasteiger partial charge in [0.25, 0.3) is 0 Å². The van der Waals surface area contributed by atoms with E-state index in [1.165, 1.54) is 38.2 Å². The Bertz CT molecular complexity index is 217. The van der Waals surface area contributed by atoms with Crippen molar-refractivity contribution in [3.8, 4) is 0 Å². The molecule has 0 saturated heterocycles. The SMILES string of the molecule is CCOC(=O)/C=C/COCC1CCCCC1. The third-order valence-electron chi connectivity index (χ3n) is 2.83. The Labute approximate surface area is 97.8 Å². The van der Waals surface area contributed by atoms with Gasteiger partial charge < -0.3 is 9.47 Å². The Hall–Kier alpha value is -0.830. The number of rotatable bonds is 6. The molecule has 1 aliphatic rings. The van der Waals surface area contributed by atoms with Crippen molar-refractivity contribution in [3.63, 3.8) is 0 Å². The molecule has 3 heteroatoms. The van der Waals surface area contributed by atoms with Gasteiger partial charge in [-0.2, -0.15) is 0 Å². The lowest BCUT2D eigenvalue weighted by Gasteiger charge is -2.20. The molecule has 16 heavy (non-hydrogen) atoms. The van der Waals surface area contributed by atoms with E-state index < -0.39 is 0 Å². The first kappa shape index (κ1) is 13.2. The molecule has 1 fully saturated rings. The molecule has 92 valence electrons. The first-order valence-electron chi connectivity index (χ1n) is 6.24.